The summed E-state index contributed by atoms with van der Waals surface area (Å²) in [6, 6.07) is 8.28. The number of benzene rings is 3. The van der Waals surface area contributed by atoms with E-state index in [1.807, 2.05) is 12.1 Å². The molecule has 4 aromatic rings. The van der Waals surface area contributed by atoms with Crippen LogP contribution in [0.3, 0.4) is 0 Å². The lowest BCUT2D eigenvalue weighted by atomic mass is 9.92. The first-order valence-electron chi connectivity index (χ1n) is 8.97. The zero-order valence-electron chi connectivity index (χ0n) is 16.2. The fourth-order valence-corrected chi connectivity index (χ4v) is 3.87. The lowest BCUT2D eigenvalue weighted by Gasteiger charge is -2.16. The topological polar surface area (TPSA) is 59.3 Å². The highest BCUT2D eigenvalue weighted by Gasteiger charge is 2.43. The first-order chi connectivity index (χ1) is 14.5. The molecule has 0 saturated heterocycles. The van der Waals surface area contributed by atoms with Crippen LogP contribution in [0.5, 0.6) is 28.7 Å². The zero-order valence-corrected chi connectivity index (χ0v) is 16.2. The number of fused-ring (bicyclic) bond motifs is 3. The SMILES string of the molecule is COc1cc2c(OC)c3cocc3c(-c3ccc4c(c3)OC(F)(F)O4)c2cc1OC. The van der Waals surface area contributed by atoms with Crippen LogP contribution in [0.1, 0.15) is 0 Å². The van der Waals surface area contributed by atoms with Gasteiger partial charge in [-0.15, -0.1) is 8.78 Å². The van der Waals surface area contributed by atoms with Gasteiger partial charge in [0.25, 0.3) is 0 Å². The molecule has 0 unspecified atom stereocenters. The average Bonchev–Trinajstić information content (AvgIpc) is 3.32. The number of methoxy groups -OCH3 is 3. The second kappa shape index (κ2) is 6.41. The highest BCUT2D eigenvalue weighted by Crippen LogP contribution is 2.49. The van der Waals surface area contributed by atoms with E-state index in [2.05, 4.69) is 9.47 Å². The van der Waals surface area contributed by atoms with E-state index in [1.165, 1.54) is 12.1 Å². The summed E-state index contributed by atoms with van der Waals surface area (Å²) in [4.78, 5) is 0. The minimum Gasteiger partial charge on any atom is -0.495 e. The molecule has 0 amide bonds. The summed E-state index contributed by atoms with van der Waals surface area (Å²) in [5, 5.41) is 3.00. The van der Waals surface area contributed by atoms with E-state index in [1.54, 1.807) is 39.9 Å². The summed E-state index contributed by atoms with van der Waals surface area (Å²) >= 11 is 0. The van der Waals surface area contributed by atoms with Gasteiger partial charge in [0, 0.05) is 16.3 Å². The fourth-order valence-electron chi connectivity index (χ4n) is 3.87. The molecule has 5 rings (SSSR count). The van der Waals surface area contributed by atoms with Crippen LogP contribution < -0.4 is 23.7 Å². The summed E-state index contributed by atoms with van der Waals surface area (Å²) in [5.41, 5.74) is 1.39. The molecule has 2 heterocycles. The smallest absolute Gasteiger partial charge is 0.495 e. The number of ether oxygens (including phenoxy) is 5. The van der Waals surface area contributed by atoms with Crippen LogP contribution in [0.25, 0.3) is 32.7 Å². The number of halogens is 2. The van der Waals surface area contributed by atoms with Gasteiger partial charge in [0.15, 0.2) is 23.0 Å². The van der Waals surface area contributed by atoms with Crippen LogP contribution in [0, 0.1) is 0 Å². The Kier molecular flexibility index (Phi) is 3.92. The van der Waals surface area contributed by atoms with Crippen molar-refractivity contribution < 1.29 is 36.9 Å². The average molecular weight is 414 g/mol. The van der Waals surface area contributed by atoms with Gasteiger partial charge in [-0.1, -0.05) is 6.07 Å². The van der Waals surface area contributed by atoms with Gasteiger partial charge in [-0.25, -0.2) is 0 Å². The molecular weight excluding hydrogens is 398 g/mol. The molecule has 0 saturated carbocycles. The summed E-state index contributed by atoms with van der Waals surface area (Å²) in [6.45, 7) is 0. The van der Waals surface area contributed by atoms with Crippen molar-refractivity contribution in [3.8, 4) is 39.9 Å². The number of hydrogen-bond acceptors (Lipinski definition) is 6. The number of hydrogen-bond donors (Lipinski definition) is 0. The monoisotopic (exact) mass is 414 g/mol. The van der Waals surface area contributed by atoms with Gasteiger partial charge in [-0.3, -0.25) is 0 Å². The quantitative estimate of drug-likeness (QED) is 0.433. The maximum absolute atomic E-state index is 13.5. The molecule has 0 radical (unpaired) electrons. The maximum atomic E-state index is 13.5. The molecule has 6 nitrogen and oxygen atoms in total. The molecule has 0 atom stereocenters. The highest BCUT2D eigenvalue weighted by atomic mass is 19.3. The van der Waals surface area contributed by atoms with Crippen molar-refractivity contribution >= 4 is 21.5 Å². The number of furan rings is 1. The van der Waals surface area contributed by atoms with Crippen LogP contribution in [-0.4, -0.2) is 27.6 Å². The molecule has 1 aliphatic rings. The largest absolute Gasteiger partial charge is 0.586 e. The Morgan fingerprint density at radius 2 is 1.40 bits per heavy atom. The third-order valence-electron chi connectivity index (χ3n) is 5.11. The van der Waals surface area contributed by atoms with Crippen LogP contribution in [0.4, 0.5) is 8.78 Å². The Hall–Kier alpha value is -3.68. The van der Waals surface area contributed by atoms with E-state index in [9.17, 15) is 8.78 Å². The molecule has 154 valence electrons. The van der Waals surface area contributed by atoms with Crippen molar-refractivity contribution in [2.24, 2.45) is 0 Å². The predicted molar refractivity (Wildman–Crippen MR) is 105 cm³/mol. The lowest BCUT2D eigenvalue weighted by molar-refractivity contribution is -0.286. The van der Waals surface area contributed by atoms with Gasteiger partial charge in [0.2, 0.25) is 0 Å². The third-order valence-corrected chi connectivity index (χ3v) is 5.11. The zero-order chi connectivity index (χ0) is 21.0. The molecular formula is C22H16F2O6. The minimum absolute atomic E-state index is 0.0238. The fraction of sp³-hybridized carbons (Fsp3) is 0.182. The predicted octanol–water partition coefficient (Wildman–Crippen LogP) is 5.60. The van der Waals surface area contributed by atoms with Gasteiger partial charge in [-0.2, -0.15) is 0 Å². The minimum atomic E-state index is -3.69. The van der Waals surface area contributed by atoms with Crippen molar-refractivity contribution in [2.45, 2.75) is 6.29 Å². The Balaban J connectivity index is 1.86. The Labute approximate surface area is 169 Å². The first kappa shape index (κ1) is 18.4. The highest BCUT2D eigenvalue weighted by molar-refractivity contribution is 6.17. The van der Waals surface area contributed by atoms with Crippen molar-refractivity contribution in [1.29, 1.82) is 0 Å². The van der Waals surface area contributed by atoms with E-state index >= 15 is 0 Å². The van der Waals surface area contributed by atoms with E-state index in [4.69, 9.17) is 18.6 Å². The summed E-state index contributed by atoms with van der Waals surface area (Å²) in [6.07, 6.45) is -0.526. The van der Waals surface area contributed by atoms with E-state index < -0.39 is 6.29 Å². The standard InChI is InChI=1S/C22H16F2O6/c1-25-17-7-12-13(8-18(17)26-2)21(27-3)15-10-28-9-14(15)20(12)11-4-5-16-19(6-11)30-22(23,24)29-16/h4-10H,1-3H3. The van der Waals surface area contributed by atoms with Crippen molar-refractivity contribution in [2.75, 3.05) is 21.3 Å². The molecule has 0 N–H and O–H groups in total. The number of rotatable bonds is 4. The molecule has 30 heavy (non-hydrogen) atoms. The summed E-state index contributed by atoms with van der Waals surface area (Å²) < 4.78 is 58.2. The first-order valence-corrected chi connectivity index (χ1v) is 8.97. The van der Waals surface area contributed by atoms with E-state index in [0.29, 0.717) is 22.8 Å². The van der Waals surface area contributed by atoms with Crippen LogP contribution in [0.2, 0.25) is 0 Å². The van der Waals surface area contributed by atoms with Gasteiger partial charge >= 0.3 is 6.29 Å². The Morgan fingerprint density at radius 1 is 0.733 bits per heavy atom. The second-order valence-electron chi connectivity index (χ2n) is 6.69. The van der Waals surface area contributed by atoms with Crippen LogP contribution >= 0.6 is 0 Å². The molecule has 0 bridgehead atoms. The van der Waals surface area contributed by atoms with Gasteiger partial charge in [0.1, 0.15) is 12.0 Å². The molecule has 8 heteroatoms. The number of alkyl halides is 2. The summed E-state index contributed by atoms with van der Waals surface area (Å²) in [5.74, 6) is 1.58. The molecule has 0 aliphatic carbocycles. The second-order valence-corrected chi connectivity index (χ2v) is 6.69. The van der Waals surface area contributed by atoms with Crippen LogP contribution in [0.15, 0.2) is 47.3 Å². The molecule has 1 aliphatic heterocycles. The Morgan fingerprint density at radius 3 is 2.10 bits per heavy atom. The van der Waals surface area contributed by atoms with Crippen molar-refractivity contribution in [3.05, 3.63) is 42.9 Å². The molecule has 3 aromatic carbocycles. The lowest BCUT2D eigenvalue weighted by Crippen LogP contribution is -2.25. The van der Waals surface area contributed by atoms with E-state index in [0.717, 1.165) is 27.1 Å². The molecule has 0 spiro atoms. The van der Waals surface area contributed by atoms with Crippen LogP contribution in [-0.2, 0) is 0 Å². The summed E-state index contributed by atoms with van der Waals surface area (Å²) in [7, 11) is 4.66. The van der Waals surface area contributed by atoms with Crippen molar-refractivity contribution in [1.82, 2.24) is 0 Å². The Bertz CT molecular complexity index is 1290. The maximum Gasteiger partial charge on any atom is 0.586 e. The molecule has 0 fully saturated rings. The normalized spacial score (nSPS) is 14.3. The third kappa shape index (κ3) is 2.60. The van der Waals surface area contributed by atoms with Crippen molar-refractivity contribution in [3.63, 3.8) is 0 Å². The van der Waals surface area contributed by atoms with Gasteiger partial charge in [-0.05, 0) is 35.2 Å². The van der Waals surface area contributed by atoms with E-state index in [-0.39, 0.29) is 11.5 Å². The van der Waals surface area contributed by atoms with Gasteiger partial charge in [0.05, 0.1) is 33.0 Å². The van der Waals surface area contributed by atoms with Gasteiger partial charge < -0.3 is 28.1 Å². The molecule has 1 aromatic heterocycles.